The van der Waals surface area contributed by atoms with Crippen molar-refractivity contribution in [2.45, 2.75) is 33.1 Å². The van der Waals surface area contributed by atoms with Crippen LogP contribution >= 0.6 is 0 Å². The molecule has 1 heterocycles. The summed E-state index contributed by atoms with van der Waals surface area (Å²) in [4.78, 5) is 14.2. The first-order valence-corrected chi connectivity index (χ1v) is 6.87. The van der Waals surface area contributed by atoms with E-state index in [-0.39, 0.29) is 11.8 Å². The van der Waals surface area contributed by atoms with Crippen LogP contribution < -0.4 is 11.1 Å². The van der Waals surface area contributed by atoms with Gasteiger partial charge in [0.1, 0.15) is 0 Å². The van der Waals surface area contributed by atoms with Crippen molar-refractivity contribution < 1.29 is 4.79 Å². The second kappa shape index (κ2) is 7.67. The van der Waals surface area contributed by atoms with E-state index < -0.39 is 0 Å². The number of likely N-dealkylation sites (tertiary alicyclic amines) is 1. The second-order valence-corrected chi connectivity index (χ2v) is 5.13. The van der Waals surface area contributed by atoms with Crippen molar-refractivity contribution in [3.63, 3.8) is 0 Å². The molecule has 1 aliphatic rings. The molecular formula is C13H27N3O. The third kappa shape index (κ3) is 5.04. The van der Waals surface area contributed by atoms with E-state index in [2.05, 4.69) is 17.1 Å². The number of amides is 1. The Morgan fingerprint density at radius 2 is 2.35 bits per heavy atom. The molecule has 2 unspecified atom stereocenters. The van der Waals surface area contributed by atoms with Crippen molar-refractivity contribution in [1.82, 2.24) is 10.2 Å². The van der Waals surface area contributed by atoms with Crippen LogP contribution in [-0.2, 0) is 4.79 Å². The molecule has 0 aromatic heterocycles. The Hall–Kier alpha value is -0.610. The van der Waals surface area contributed by atoms with Gasteiger partial charge in [0.15, 0.2) is 0 Å². The third-order valence-electron chi connectivity index (χ3n) is 3.67. The van der Waals surface area contributed by atoms with Gasteiger partial charge in [0.2, 0.25) is 5.91 Å². The van der Waals surface area contributed by atoms with Crippen LogP contribution in [0.1, 0.15) is 33.1 Å². The number of hydrogen-bond donors (Lipinski definition) is 2. The van der Waals surface area contributed by atoms with Crippen LogP contribution in [0.2, 0.25) is 0 Å². The van der Waals surface area contributed by atoms with Crippen LogP contribution in [-0.4, -0.2) is 43.5 Å². The molecule has 3 N–H and O–H groups in total. The van der Waals surface area contributed by atoms with E-state index in [1.807, 2.05) is 6.92 Å². The van der Waals surface area contributed by atoms with Gasteiger partial charge in [0, 0.05) is 19.0 Å². The summed E-state index contributed by atoms with van der Waals surface area (Å²) in [6, 6.07) is 0. The minimum atomic E-state index is 0.0993. The van der Waals surface area contributed by atoms with Crippen LogP contribution in [0.5, 0.6) is 0 Å². The zero-order chi connectivity index (χ0) is 12.7. The summed E-state index contributed by atoms with van der Waals surface area (Å²) >= 11 is 0. The molecule has 100 valence electrons. The van der Waals surface area contributed by atoms with E-state index in [1.54, 1.807) is 0 Å². The van der Waals surface area contributed by atoms with Gasteiger partial charge >= 0.3 is 0 Å². The lowest BCUT2D eigenvalue weighted by atomic mass is 10.0. The molecule has 0 aliphatic carbocycles. The predicted octanol–water partition coefficient (Wildman–Crippen LogP) is 0.819. The number of nitrogens with one attached hydrogen (secondary N) is 1. The van der Waals surface area contributed by atoms with Crippen molar-refractivity contribution in [2.24, 2.45) is 17.6 Å². The maximum absolute atomic E-state index is 11.8. The summed E-state index contributed by atoms with van der Waals surface area (Å²) in [7, 11) is 0. The largest absolute Gasteiger partial charge is 0.356 e. The lowest BCUT2D eigenvalue weighted by Crippen LogP contribution is -2.34. The van der Waals surface area contributed by atoms with Gasteiger partial charge in [-0.25, -0.2) is 0 Å². The minimum absolute atomic E-state index is 0.0993. The Labute approximate surface area is 105 Å². The van der Waals surface area contributed by atoms with Gasteiger partial charge in [-0.3, -0.25) is 4.79 Å². The second-order valence-electron chi connectivity index (χ2n) is 5.13. The summed E-state index contributed by atoms with van der Waals surface area (Å²) in [5.41, 5.74) is 5.44. The zero-order valence-electron chi connectivity index (χ0n) is 11.2. The van der Waals surface area contributed by atoms with E-state index in [0.717, 1.165) is 32.5 Å². The van der Waals surface area contributed by atoms with Crippen molar-refractivity contribution >= 4 is 5.91 Å². The molecule has 1 fully saturated rings. The van der Waals surface area contributed by atoms with Crippen LogP contribution in [0.4, 0.5) is 0 Å². The van der Waals surface area contributed by atoms with E-state index in [1.165, 1.54) is 13.0 Å². The Kier molecular flexibility index (Phi) is 6.52. The highest BCUT2D eigenvalue weighted by Gasteiger charge is 2.22. The monoisotopic (exact) mass is 241 g/mol. The Morgan fingerprint density at radius 3 is 2.94 bits per heavy atom. The van der Waals surface area contributed by atoms with Crippen molar-refractivity contribution in [2.75, 3.05) is 32.7 Å². The maximum Gasteiger partial charge on any atom is 0.222 e. The molecule has 0 bridgehead atoms. The molecule has 1 amide bonds. The average Bonchev–Trinajstić information content (AvgIpc) is 2.80. The maximum atomic E-state index is 11.8. The van der Waals surface area contributed by atoms with Crippen LogP contribution in [0.25, 0.3) is 0 Å². The highest BCUT2D eigenvalue weighted by atomic mass is 16.1. The molecule has 17 heavy (non-hydrogen) atoms. The minimum Gasteiger partial charge on any atom is -0.356 e. The standard InChI is InChI=1S/C13H27N3O/c1-3-16-8-6-12(10-16)9-15-13(17)11(2)5-4-7-14/h11-12H,3-10,14H2,1-2H3,(H,15,17). The first kappa shape index (κ1) is 14.5. The molecular weight excluding hydrogens is 214 g/mol. The third-order valence-corrected chi connectivity index (χ3v) is 3.67. The van der Waals surface area contributed by atoms with E-state index in [9.17, 15) is 4.79 Å². The van der Waals surface area contributed by atoms with Crippen LogP contribution in [0.15, 0.2) is 0 Å². The molecule has 0 aromatic carbocycles. The average molecular weight is 241 g/mol. The summed E-state index contributed by atoms with van der Waals surface area (Å²) in [5.74, 6) is 0.927. The van der Waals surface area contributed by atoms with E-state index in [4.69, 9.17) is 5.73 Å². The van der Waals surface area contributed by atoms with Gasteiger partial charge in [0.05, 0.1) is 0 Å². The van der Waals surface area contributed by atoms with Gasteiger partial charge in [-0.05, 0) is 44.8 Å². The van der Waals surface area contributed by atoms with Crippen molar-refractivity contribution in [3.05, 3.63) is 0 Å². The molecule has 1 saturated heterocycles. The van der Waals surface area contributed by atoms with E-state index >= 15 is 0 Å². The molecule has 1 rings (SSSR count). The number of carbonyl (C=O) groups excluding carboxylic acids is 1. The number of nitrogens with zero attached hydrogens (tertiary/aromatic N) is 1. The Bertz CT molecular complexity index is 233. The fourth-order valence-corrected chi connectivity index (χ4v) is 2.34. The van der Waals surface area contributed by atoms with Crippen LogP contribution in [0, 0.1) is 11.8 Å². The molecule has 2 atom stereocenters. The molecule has 0 radical (unpaired) electrons. The molecule has 0 spiro atoms. The van der Waals surface area contributed by atoms with Gasteiger partial charge in [-0.1, -0.05) is 13.8 Å². The smallest absolute Gasteiger partial charge is 0.222 e. The van der Waals surface area contributed by atoms with Gasteiger partial charge < -0.3 is 16.0 Å². The fraction of sp³-hybridized carbons (Fsp3) is 0.923. The first-order chi connectivity index (χ1) is 8.17. The Balaban J connectivity index is 2.15. The molecule has 4 nitrogen and oxygen atoms in total. The normalized spacial score (nSPS) is 22.6. The fourth-order valence-electron chi connectivity index (χ4n) is 2.34. The molecule has 0 saturated carbocycles. The summed E-state index contributed by atoms with van der Waals surface area (Å²) in [6.07, 6.45) is 3.04. The zero-order valence-corrected chi connectivity index (χ0v) is 11.2. The van der Waals surface area contributed by atoms with E-state index in [0.29, 0.717) is 12.5 Å². The topological polar surface area (TPSA) is 58.4 Å². The van der Waals surface area contributed by atoms with Crippen LogP contribution in [0.3, 0.4) is 0 Å². The highest BCUT2D eigenvalue weighted by Crippen LogP contribution is 2.15. The first-order valence-electron chi connectivity index (χ1n) is 6.87. The highest BCUT2D eigenvalue weighted by molar-refractivity contribution is 5.78. The lowest BCUT2D eigenvalue weighted by molar-refractivity contribution is -0.124. The van der Waals surface area contributed by atoms with Crippen molar-refractivity contribution in [3.8, 4) is 0 Å². The molecule has 0 aromatic rings. The quantitative estimate of drug-likeness (QED) is 0.694. The van der Waals surface area contributed by atoms with Gasteiger partial charge in [-0.2, -0.15) is 0 Å². The SMILES string of the molecule is CCN1CCC(CNC(=O)C(C)CCCN)C1. The number of carbonyl (C=O) groups is 1. The Morgan fingerprint density at radius 1 is 1.59 bits per heavy atom. The van der Waals surface area contributed by atoms with Gasteiger partial charge in [0.25, 0.3) is 0 Å². The van der Waals surface area contributed by atoms with Gasteiger partial charge in [-0.15, -0.1) is 0 Å². The summed E-state index contributed by atoms with van der Waals surface area (Å²) in [6.45, 7) is 9.12. The lowest BCUT2D eigenvalue weighted by Gasteiger charge is -2.16. The summed E-state index contributed by atoms with van der Waals surface area (Å²) < 4.78 is 0. The number of rotatable bonds is 7. The number of hydrogen-bond acceptors (Lipinski definition) is 3. The predicted molar refractivity (Wildman–Crippen MR) is 70.7 cm³/mol. The van der Waals surface area contributed by atoms with Crippen molar-refractivity contribution in [1.29, 1.82) is 0 Å². The number of nitrogens with two attached hydrogens (primary N) is 1. The summed E-state index contributed by atoms with van der Waals surface area (Å²) in [5, 5.41) is 3.07. The molecule has 4 heteroatoms. The molecule has 1 aliphatic heterocycles.